The monoisotopic (exact) mass is 206 g/mol. The summed E-state index contributed by atoms with van der Waals surface area (Å²) >= 11 is 0. The molecule has 0 spiro atoms. The Hall–Kier alpha value is -1.55. The first-order valence-electron chi connectivity index (χ1n) is 5.02. The first-order valence-corrected chi connectivity index (χ1v) is 5.02. The second kappa shape index (κ2) is 4.31. The zero-order valence-corrected chi connectivity index (χ0v) is 8.72. The summed E-state index contributed by atoms with van der Waals surface area (Å²) in [5.41, 5.74) is 0.871. The van der Waals surface area contributed by atoms with Gasteiger partial charge in [-0.25, -0.2) is 5.01 Å². The van der Waals surface area contributed by atoms with Gasteiger partial charge in [0.25, 0.3) is 0 Å². The SMILES string of the molecule is CON(c1ccccc1)N1CCCC1=O. The Labute approximate surface area is 89.0 Å². The van der Waals surface area contributed by atoms with Crippen molar-refractivity contribution >= 4 is 11.6 Å². The maximum absolute atomic E-state index is 11.6. The highest BCUT2D eigenvalue weighted by atomic mass is 16.7. The molecule has 0 radical (unpaired) electrons. The molecule has 1 aliphatic rings. The standard InChI is InChI=1S/C11H14N2O2/c1-15-13(10-6-3-2-4-7-10)12-9-5-8-11(12)14/h2-4,6-7H,5,8-9H2,1H3. The van der Waals surface area contributed by atoms with Gasteiger partial charge < -0.3 is 0 Å². The van der Waals surface area contributed by atoms with Crippen molar-refractivity contribution in [3.05, 3.63) is 30.3 Å². The lowest BCUT2D eigenvalue weighted by Gasteiger charge is -2.30. The smallest absolute Gasteiger partial charge is 0.243 e. The van der Waals surface area contributed by atoms with Gasteiger partial charge in [0.05, 0.1) is 12.8 Å². The number of nitrogens with zero attached hydrogens (tertiary/aromatic N) is 2. The highest BCUT2D eigenvalue weighted by molar-refractivity contribution is 5.79. The van der Waals surface area contributed by atoms with E-state index in [1.165, 1.54) is 0 Å². The fourth-order valence-electron chi connectivity index (χ4n) is 1.72. The number of anilines is 1. The van der Waals surface area contributed by atoms with Crippen LogP contribution in [0.5, 0.6) is 0 Å². The van der Waals surface area contributed by atoms with Crippen molar-refractivity contribution in [1.29, 1.82) is 0 Å². The van der Waals surface area contributed by atoms with Gasteiger partial charge in [0.15, 0.2) is 0 Å². The van der Waals surface area contributed by atoms with Gasteiger partial charge in [0.1, 0.15) is 0 Å². The fourth-order valence-corrected chi connectivity index (χ4v) is 1.72. The number of carbonyl (C=O) groups excluding carboxylic acids is 1. The number of benzene rings is 1. The summed E-state index contributed by atoms with van der Waals surface area (Å²) in [6.45, 7) is 0.724. The third-order valence-corrected chi connectivity index (χ3v) is 2.42. The fraction of sp³-hybridized carbons (Fsp3) is 0.364. The van der Waals surface area contributed by atoms with Crippen LogP contribution in [-0.2, 0) is 9.63 Å². The highest BCUT2D eigenvalue weighted by Crippen LogP contribution is 2.20. The van der Waals surface area contributed by atoms with E-state index >= 15 is 0 Å². The molecule has 0 bridgehead atoms. The van der Waals surface area contributed by atoms with Gasteiger partial charge in [-0.3, -0.25) is 9.63 Å². The van der Waals surface area contributed by atoms with Crippen molar-refractivity contribution in [3.63, 3.8) is 0 Å². The van der Waals surface area contributed by atoms with E-state index in [4.69, 9.17) is 4.84 Å². The van der Waals surface area contributed by atoms with Crippen molar-refractivity contribution in [2.24, 2.45) is 0 Å². The van der Waals surface area contributed by atoms with E-state index in [0.29, 0.717) is 6.42 Å². The summed E-state index contributed by atoms with van der Waals surface area (Å²) in [5.74, 6) is 0.112. The van der Waals surface area contributed by atoms with E-state index in [0.717, 1.165) is 18.7 Å². The van der Waals surface area contributed by atoms with Crippen LogP contribution < -0.4 is 5.17 Å². The normalized spacial score (nSPS) is 15.8. The summed E-state index contributed by atoms with van der Waals surface area (Å²) in [6, 6.07) is 9.59. The number of hydrogen-bond donors (Lipinski definition) is 0. The van der Waals surface area contributed by atoms with E-state index in [2.05, 4.69) is 0 Å². The predicted molar refractivity (Wildman–Crippen MR) is 56.9 cm³/mol. The van der Waals surface area contributed by atoms with E-state index in [1.54, 1.807) is 17.3 Å². The summed E-state index contributed by atoms with van der Waals surface area (Å²) < 4.78 is 0. The Morgan fingerprint density at radius 3 is 2.60 bits per heavy atom. The molecule has 0 atom stereocenters. The minimum Gasteiger partial charge on any atom is -0.273 e. The first-order chi connectivity index (χ1) is 7.33. The molecule has 1 heterocycles. The van der Waals surface area contributed by atoms with Crippen molar-refractivity contribution in [1.82, 2.24) is 5.01 Å². The van der Waals surface area contributed by atoms with E-state index < -0.39 is 0 Å². The number of rotatable bonds is 3. The lowest BCUT2D eigenvalue weighted by atomic mass is 10.3. The quantitative estimate of drug-likeness (QED) is 0.704. The van der Waals surface area contributed by atoms with Gasteiger partial charge >= 0.3 is 0 Å². The topological polar surface area (TPSA) is 32.8 Å². The molecule has 1 aromatic carbocycles. The zero-order chi connectivity index (χ0) is 10.7. The molecular formula is C11H14N2O2. The summed E-state index contributed by atoms with van der Waals surface area (Å²) in [4.78, 5) is 16.8. The van der Waals surface area contributed by atoms with Gasteiger partial charge in [0.2, 0.25) is 5.91 Å². The second-order valence-electron chi connectivity index (χ2n) is 3.41. The molecule has 0 unspecified atom stereocenters. The Morgan fingerprint density at radius 1 is 1.33 bits per heavy atom. The van der Waals surface area contributed by atoms with Crippen molar-refractivity contribution < 1.29 is 9.63 Å². The molecule has 1 amide bonds. The van der Waals surface area contributed by atoms with Crippen molar-refractivity contribution in [2.75, 3.05) is 18.8 Å². The Bertz CT molecular complexity index is 340. The number of hydrogen-bond acceptors (Lipinski definition) is 3. The number of carbonyl (C=O) groups is 1. The van der Waals surface area contributed by atoms with Crippen LogP contribution in [0.1, 0.15) is 12.8 Å². The molecule has 1 fully saturated rings. The Balaban J connectivity index is 2.20. The minimum atomic E-state index is 0.112. The minimum absolute atomic E-state index is 0.112. The molecule has 80 valence electrons. The van der Waals surface area contributed by atoms with Crippen LogP contribution in [-0.4, -0.2) is 24.6 Å². The molecular weight excluding hydrogens is 192 g/mol. The van der Waals surface area contributed by atoms with Crippen LogP contribution in [0.15, 0.2) is 30.3 Å². The average Bonchev–Trinajstić information content (AvgIpc) is 2.68. The molecule has 1 aliphatic heterocycles. The van der Waals surface area contributed by atoms with Gasteiger partial charge in [-0.15, -0.1) is 0 Å². The third kappa shape index (κ3) is 1.94. The third-order valence-electron chi connectivity index (χ3n) is 2.42. The van der Waals surface area contributed by atoms with Crippen LogP contribution in [0.4, 0.5) is 5.69 Å². The van der Waals surface area contributed by atoms with Crippen LogP contribution in [0.3, 0.4) is 0 Å². The summed E-state index contributed by atoms with van der Waals surface area (Å²) in [6.07, 6.45) is 1.50. The second-order valence-corrected chi connectivity index (χ2v) is 3.41. The maximum atomic E-state index is 11.6. The lowest BCUT2D eigenvalue weighted by molar-refractivity contribution is -0.133. The van der Waals surface area contributed by atoms with Gasteiger partial charge in [-0.1, -0.05) is 18.2 Å². The molecule has 0 aliphatic carbocycles. The lowest BCUT2D eigenvalue weighted by Crippen LogP contribution is -2.42. The number of para-hydroxylation sites is 1. The van der Waals surface area contributed by atoms with Gasteiger partial charge in [-0.05, 0) is 18.6 Å². The molecule has 0 aromatic heterocycles. The molecule has 4 nitrogen and oxygen atoms in total. The maximum Gasteiger partial charge on any atom is 0.243 e. The largest absolute Gasteiger partial charge is 0.273 e. The van der Waals surface area contributed by atoms with Crippen LogP contribution in [0, 0.1) is 0 Å². The number of hydrazine groups is 1. The van der Waals surface area contributed by atoms with E-state index in [9.17, 15) is 4.79 Å². The molecule has 0 N–H and O–H groups in total. The van der Waals surface area contributed by atoms with E-state index in [-0.39, 0.29) is 5.91 Å². The average molecular weight is 206 g/mol. The summed E-state index contributed by atoms with van der Waals surface area (Å²) in [5, 5.41) is 3.19. The summed E-state index contributed by atoms with van der Waals surface area (Å²) in [7, 11) is 1.57. The van der Waals surface area contributed by atoms with Gasteiger partial charge in [0, 0.05) is 13.0 Å². The predicted octanol–water partition coefficient (Wildman–Crippen LogP) is 1.59. The highest BCUT2D eigenvalue weighted by Gasteiger charge is 2.26. The Kier molecular flexibility index (Phi) is 2.87. The van der Waals surface area contributed by atoms with Crippen molar-refractivity contribution in [2.45, 2.75) is 12.8 Å². The van der Waals surface area contributed by atoms with Crippen LogP contribution in [0.25, 0.3) is 0 Å². The van der Waals surface area contributed by atoms with Gasteiger partial charge in [-0.2, -0.15) is 5.17 Å². The zero-order valence-electron chi connectivity index (χ0n) is 8.72. The molecule has 15 heavy (non-hydrogen) atoms. The molecule has 1 saturated heterocycles. The number of amides is 1. The Morgan fingerprint density at radius 2 is 2.07 bits per heavy atom. The molecule has 2 rings (SSSR count). The first kappa shape index (κ1) is 9.98. The molecule has 0 saturated carbocycles. The van der Waals surface area contributed by atoms with Crippen LogP contribution >= 0.6 is 0 Å². The van der Waals surface area contributed by atoms with E-state index in [1.807, 2.05) is 30.3 Å². The van der Waals surface area contributed by atoms with Crippen molar-refractivity contribution in [3.8, 4) is 0 Å². The molecule has 4 heteroatoms. The molecule has 1 aromatic rings. The van der Waals surface area contributed by atoms with Crippen LogP contribution in [0.2, 0.25) is 0 Å².